The molecule has 10 nitrogen and oxygen atoms in total. The fourth-order valence-electron chi connectivity index (χ4n) is 8.02. The van der Waals surface area contributed by atoms with Crippen molar-refractivity contribution in [3.05, 3.63) is 228 Å². The Kier molecular flexibility index (Phi) is 17.1. The highest BCUT2D eigenvalue weighted by atomic mass is 16.8. The van der Waals surface area contributed by atoms with Gasteiger partial charge in [0.05, 0.1) is 46.2 Å². The molecule has 2 fully saturated rings. The van der Waals surface area contributed by atoms with Crippen molar-refractivity contribution in [3.8, 4) is 0 Å². The molecule has 0 spiro atoms. The van der Waals surface area contributed by atoms with E-state index in [1.165, 1.54) is 0 Å². The Bertz CT molecular complexity index is 2250. The highest BCUT2D eigenvalue weighted by Crippen LogP contribution is 2.37. The summed E-state index contributed by atoms with van der Waals surface area (Å²) in [5.41, 5.74) is 5.94. The van der Waals surface area contributed by atoms with E-state index in [4.69, 9.17) is 47.4 Å². The Morgan fingerprint density at radius 2 is 0.738 bits per heavy atom. The van der Waals surface area contributed by atoms with E-state index >= 15 is 0 Å². The summed E-state index contributed by atoms with van der Waals surface area (Å²) in [6, 6.07) is 60.0. The van der Waals surface area contributed by atoms with Gasteiger partial charge in [-0.1, -0.05) is 189 Å². The van der Waals surface area contributed by atoms with Crippen LogP contribution >= 0.6 is 0 Å². The van der Waals surface area contributed by atoms with E-state index in [9.17, 15) is 0 Å². The average Bonchev–Trinajstić information content (AvgIpc) is 3.36. The third-order valence-electron chi connectivity index (χ3n) is 11.4. The molecule has 0 radical (unpaired) electrons. The lowest BCUT2D eigenvalue weighted by atomic mass is 9.97. The van der Waals surface area contributed by atoms with E-state index in [0.717, 1.165) is 33.4 Å². The maximum atomic E-state index is 7.19. The molecule has 2 aliphatic rings. The van der Waals surface area contributed by atoms with Crippen molar-refractivity contribution in [2.45, 2.75) is 94.9 Å². The minimum absolute atomic E-state index is 0.162. The SMILES string of the molecule is C=C1O[C@H](OC)[C@H](OCc2ccccc2)[C@@H](OCc2ccccc2)[C@@H]1O[C@H]1O[C@H](COCc2ccccc2)[C@H](OCc2ccccc2)[C@H](OCc2ccccc2)[C@H]1OCc1ccccc1. The van der Waals surface area contributed by atoms with Crippen LogP contribution in [0.2, 0.25) is 0 Å². The van der Waals surface area contributed by atoms with Gasteiger partial charge in [-0.25, -0.2) is 0 Å². The van der Waals surface area contributed by atoms with Crippen LogP contribution in [0, 0.1) is 0 Å². The molecule has 8 rings (SSSR count). The summed E-state index contributed by atoms with van der Waals surface area (Å²) >= 11 is 0. The standard InChI is InChI=1S/C55H58O10/c1-40-48(50(59-35-43-25-13-5-14-26-43)52(54(56-2)63-40)61-37-45-29-17-7-18-30-45)65-55-53(62-38-46-31-19-8-20-32-46)51(60-36-44-27-15-6-16-28-44)49(58-34-42-23-11-4-12-24-42)47(64-55)39-57-33-41-21-9-3-10-22-41/h3-32,47-55H,1,33-39H2,2H3/t47-,48-,49+,50+,51+,52-,53-,54+,55-/m1/s1. The lowest BCUT2D eigenvalue weighted by molar-refractivity contribution is -0.353. The van der Waals surface area contributed by atoms with Gasteiger partial charge in [-0.15, -0.1) is 0 Å². The number of ether oxygens (including phenoxy) is 10. The van der Waals surface area contributed by atoms with Crippen molar-refractivity contribution in [2.24, 2.45) is 0 Å². The van der Waals surface area contributed by atoms with Crippen molar-refractivity contribution in [3.63, 3.8) is 0 Å². The van der Waals surface area contributed by atoms with E-state index in [1.54, 1.807) is 7.11 Å². The molecular formula is C55H58O10. The van der Waals surface area contributed by atoms with E-state index < -0.39 is 55.3 Å². The zero-order valence-electron chi connectivity index (χ0n) is 36.8. The van der Waals surface area contributed by atoms with Crippen LogP contribution in [0.25, 0.3) is 0 Å². The van der Waals surface area contributed by atoms with E-state index in [0.29, 0.717) is 19.0 Å². The first-order chi connectivity index (χ1) is 32.1. The van der Waals surface area contributed by atoms with Crippen LogP contribution in [0.3, 0.4) is 0 Å². The molecule has 2 saturated heterocycles. The molecule has 6 aromatic rings. The van der Waals surface area contributed by atoms with Crippen LogP contribution < -0.4 is 0 Å². The van der Waals surface area contributed by atoms with Crippen LogP contribution in [0.15, 0.2) is 194 Å². The Morgan fingerprint density at radius 3 is 1.14 bits per heavy atom. The fourth-order valence-corrected chi connectivity index (χ4v) is 8.02. The highest BCUT2D eigenvalue weighted by molar-refractivity contribution is 5.19. The van der Waals surface area contributed by atoms with Crippen molar-refractivity contribution >= 4 is 0 Å². The summed E-state index contributed by atoms with van der Waals surface area (Å²) in [6.45, 7) is 6.25. The van der Waals surface area contributed by atoms with E-state index in [1.807, 2.05) is 182 Å². The van der Waals surface area contributed by atoms with Gasteiger partial charge in [0.1, 0.15) is 48.5 Å². The van der Waals surface area contributed by atoms with Gasteiger partial charge in [-0.3, -0.25) is 0 Å². The van der Waals surface area contributed by atoms with Gasteiger partial charge in [0.2, 0.25) is 6.29 Å². The minimum Gasteiger partial charge on any atom is -0.464 e. The Labute approximate surface area is 382 Å². The smallest absolute Gasteiger partial charge is 0.228 e. The van der Waals surface area contributed by atoms with Crippen molar-refractivity contribution in [1.29, 1.82) is 0 Å². The van der Waals surface area contributed by atoms with Crippen LogP contribution in [-0.4, -0.2) is 69.0 Å². The molecule has 2 aliphatic heterocycles. The molecule has 0 amide bonds. The predicted octanol–water partition coefficient (Wildman–Crippen LogP) is 9.76. The van der Waals surface area contributed by atoms with Gasteiger partial charge in [0.15, 0.2) is 6.29 Å². The van der Waals surface area contributed by atoms with Gasteiger partial charge >= 0.3 is 0 Å². The van der Waals surface area contributed by atoms with Gasteiger partial charge in [0, 0.05) is 7.11 Å². The Balaban J connectivity index is 1.15. The zero-order chi connectivity index (χ0) is 44.5. The van der Waals surface area contributed by atoms with Crippen molar-refractivity contribution in [1.82, 2.24) is 0 Å². The molecule has 0 bridgehead atoms. The van der Waals surface area contributed by atoms with Crippen LogP contribution in [0.4, 0.5) is 0 Å². The first kappa shape index (κ1) is 46.0. The van der Waals surface area contributed by atoms with Crippen LogP contribution in [0.5, 0.6) is 0 Å². The molecule has 2 heterocycles. The summed E-state index contributed by atoms with van der Waals surface area (Å²) in [5.74, 6) is 0.293. The number of hydrogen-bond acceptors (Lipinski definition) is 10. The van der Waals surface area contributed by atoms with Gasteiger partial charge in [-0.2, -0.15) is 0 Å². The molecule has 0 aromatic heterocycles. The van der Waals surface area contributed by atoms with E-state index in [-0.39, 0.29) is 33.0 Å². The van der Waals surface area contributed by atoms with Gasteiger partial charge < -0.3 is 47.4 Å². The maximum Gasteiger partial charge on any atom is 0.228 e. The molecule has 0 aliphatic carbocycles. The molecular weight excluding hydrogens is 821 g/mol. The molecule has 10 heteroatoms. The van der Waals surface area contributed by atoms with Crippen LogP contribution in [-0.2, 0) is 87.0 Å². The highest BCUT2D eigenvalue weighted by Gasteiger charge is 2.53. The van der Waals surface area contributed by atoms with Crippen LogP contribution in [0.1, 0.15) is 33.4 Å². The number of hydrogen-bond donors (Lipinski definition) is 0. The third kappa shape index (κ3) is 13.1. The molecule has 0 saturated carbocycles. The number of benzene rings is 6. The Morgan fingerprint density at radius 1 is 0.400 bits per heavy atom. The monoisotopic (exact) mass is 878 g/mol. The number of rotatable bonds is 22. The maximum absolute atomic E-state index is 7.19. The topological polar surface area (TPSA) is 92.3 Å². The predicted molar refractivity (Wildman–Crippen MR) is 246 cm³/mol. The summed E-state index contributed by atoms with van der Waals surface area (Å²) in [7, 11) is 1.58. The third-order valence-corrected chi connectivity index (χ3v) is 11.4. The minimum atomic E-state index is -1.07. The molecule has 0 N–H and O–H groups in total. The fraction of sp³-hybridized carbons (Fsp3) is 0.309. The molecule has 338 valence electrons. The molecule has 9 atom stereocenters. The number of methoxy groups -OCH3 is 1. The molecule has 0 unspecified atom stereocenters. The Hall–Kier alpha value is -5.50. The van der Waals surface area contributed by atoms with Gasteiger partial charge in [-0.05, 0) is 33.4 Å². The largest absolute Gasteiger partial charge is 0.464 e. The zero-order valence-corrected chi connectivity index (χ0v) is 36.8. The quantitative estimate of drug-likeness (QED) is 0.0657. The normalized spacial score (nSPS) is 24.3. The second kappa shape index (κ2) is 24.1. The van der Waals surface area contributed by atoms with E-state index in [2.05, 4.69) is 6.58 Å². The van der Waals surface area contributed by atoms with Gasteiger partial charge in [0.25, 0.3) is 0 Å². The summed E-state index contributed by atoms with van der Waals surface area (Å²) < 4.78 is 67.3. The lowest BCUT2D eigenvalue weighted by Gasteiger charge is -2.48. The van der Waals surface area contributed by atoms with Crippen molar-refractivity contribution < 1.29 is 47.4 Å². The first-order valence-electron chi connectivity index (χ1n) is 22.2. The summed E-state index contributed by atoms with van der Waals surface area (Å²) in [5, 5.41) is 0. The molecule has 6 aromatic carbocycles. The first-order valence-corrected chi connectivity index (χ1v) is 22.2. The average molecular weight is 879 g/mol. The second-order valence-corrected chi connectivity index (χ2v) is 16.1. The van der Waals surface area contributed by atoms with Crippen molar-refractivity contribution in [2.75, 3.05) is 13.7 Å². The summed E-state index contributed by atoms with van der Waals surface area (Å²) in [6.07, 6.45) is -7.24. The second-order valence-electron chi connectivity index (χ2n) is 16.1. The molecule has 65 heavy (non-hydrogen) atoms. The lowest BCUT2D eigenvalue weighted by Crippen LogP contribution is -2.64. The summed E-state index contributed by atoms with van der Waals surface area (Å²) in [4.78, 5) is 0.